The van der Waals surface area contributed by atoms with Gasteiger partial charge >= 0.3 is 5.97 Å². The van der Waals surface area contributed by atoms with Crippen molar-refractivity contribution in [2.75, 3.05) is 5.32 Å². The summed E-state index contributed by atoms with van der Waals surface area (Å²) in [5.74, 6) is -0.731. The Hall–Kier alpha value is -3.41. The Balaban J connectivity index is 1.90. The Bertz CT molecular complexity index is 989. The number of anilines is 1. The first-order valence-corrected chi connectivity index (χ1v) is 8.93. The first-order valence-electron chi connectivity index (χ1n) is 8.93. The number of carbonyl (C=O) groups excluding carboxylic acids is 2. The summed E-state index contributed by atoms with van der Waals surface area (Å²) < 4.78 is 10.6. The fraction of sp³-hybridized carbons (Fsp3) is 0.227. The number of nitrogens with one attached hydrogen (secondary N) is 1. The van der Waals surface area contributed by atoms with Crippen LogP contribution in [0.15, 0.2) is 53.1 Å². The molecule has 28 heavy (non-hydrogen) atoms. The van der Waals surface area contributed by atoms with Crippen LogP contribution in [0.4, 0.5) is 5.69 Å². The average Bonchev–Trinajstić information content (AvgIpc) is 3.01. The number of hydrogen-bond donors (Lipinski definition) is 1. The van der Waals surface area contributed by atoms with E-state index in [-0.39, 0.29) is 5.56 Å². The van der Waals surface area contributed by atoms with Crippen molar-refractivity contribution >= 4 is 17.6 Å². The maximum absolute atomic E-state index is 13.0. The summed E-state index contributed by atoms with van der Waals surface area (Å²) in [5, 5.41) is 6.65. The minimum atomic E-state index is -1.11. The molecule has 0 fully saturated rings. The maximum atomic E-state index is 13.0. The van der Waals surface area contributed by atoms with Gasteiger partial charge in [-0.3, -0.25) is 4.79 Å². The third-order valence-corrected chi connectivity index (χ3v) is 4.45. The predicted octanol–water partition coefficient (Wildman–Crippen LogP) is 4.45. The van der Waals surface area contributed by atoms with Gasteiger partial charge in [0.2, 0.25) is 6.10 Å². The van der Waals surface area contributed by atoms with Gasteiger partial charge in [0.25, 0.3) is 5.91 Å². The number of aryl methyl sites for hydroxylation is 4. The van der Waals surface area contributed by atoms with Crippen molar-refractivity contribution in [2.24, 2.45) is 0 Å². The lowest BCUT2D eigenvalue weighted by Gasteiger charge is -2.19. The third kappa shape index (κ3) is 4.11. The number of esters is 1. The zero-order chi connectivity index (χ0) is 20.3. The molecule has 0 radical (unpaired) electrons. The summed E-state index contributed by atoms with van der Waals surface area (Å²) in [5.41, 5.74) is 3.85. The Morgan fingerprint density at radius 3 is 2.39 bits per heavy atom. The second kappa shape index (κ2) is 8.08. The molecule has 0 saturated heterocycles. The van der Waals surface area contributed by atoms with Gasteiger partial charge in [-0.15, -0.1) is 0 Å². The van der Waals surface area contributed by atoms with Crippen LogP contribution in [0.1, 0.15) is 44.6 Å². The summed E-state index contributed by atoms with van der Waals surface area (Å²) in [7, 11) is 0. The van der Waals surface area contributed by atoms with E-state index in [9.17, 15) is 9.59 Å². The highest BCUT2D eigenvalue weighted by molar-refractivity contribution is 5.99. The molecular formula is C22H22N2O4. The molecule has 0 aliphatic carbocycles. The highest BCUT2D eigenvalue weighted by atomic mass is 16.6. The summed E-state index contributed by atoms with van der Waals surface area (Å²) in [4.78, 5) is 25.7. The normalized spacial score (nSPS) is 11.7. The molecule has 6 heteroatoms. The Morgan fingerprint density at radius 2 is 1.75 bits per heavy atom. The van der Waals surface area contributed by atoms with Crippen LogP contribution in [0.2, 0.25) is 0 Å². The molecule has 6 nitrogen and oxygen atoms in total. The van der Waals surface area contributed by atoms with Crippen molar-refractivity contribution in [3.8, 4) is 0 Å². The van der Waals surface area contributed by atoms with E-state index in [0.29, 0.717) is 22.7 Å². The Labute approximate surface area is 163 Å². The predicted molar refractivity (Wildman–Crippen MR) is 105 cm³/mol. The molecule has 0 aliphatic heterocycles. The molecule has 2 aromatic carbocycles. The van der Waals surface area contributed by atoms with Crippen molar-refractivity contribution in [3.05, 3.63) is 82.2 Å². The zero-order valence-corrected chi connectivity index (χ0v) is 16.3. The molecular weight excluding hydrogens is 356 g/mol. The number of amides is 1. The molecule has 0 saturated carbocycles. The lowest BCUT2D eigenvalue weighted by molar-refractivity contribution is -0.125. The van der Waals surface area contributed by atoms with Crippen LogP contribution in [0, 0.1) is 27.7 Å². The standard InChI is InChI=1S/C22H22N2O4/c1-13-10-11-14(2)18(12-13)23-21(25)20(17-8-6-5-7-9-17)27-22(26)19-15(3)24-28-16(19)4/h5-12,20H,1-4H3,(H,23,25)/t20-/m0/s1. The largest absolute Gasteiger partial charge is 0.444 e. The minimum Gasteiger partial charge on any atom is -0.444 e. The molecule has 1 aromatic heterocycles. The lowest BCUT2D eigenvalue weighted by atomic mass is 10.1. The zero-order valence-electron chi connectivity index (χ0n) is 16.3. The van der Waals surface area contributed by atoms with Gasteiger partial charge in [0, 0.05) is 11.3 Å². The van der Waals surface area contributed by atoms with Gasteiger partial charge in [-0.1, -0.05) is 47.6 Å². The van der Waals surface area contributed by atoms with Gasteiger partial charge in [-0.05, 0) is 44.9 Å². The summed E-state index contributed by atoms with van der Waals surface area (Å²) in [6, 6.07) is 14.7. The second-order valence-corrected chi connectivity index (χ2v) is 6.70. The van der Waals surface area contributed by atoms with Crippen molar-refractivity contribution < 1.29 is 18.8 Å². The number of nitrogens with zero attached hydrogens (tertiary/aromatic N) is 1. The van der Waals surface area contributed by atoms with E-state index in [1.165, 1.54) is 0 Å². The summed E-state index contributed by atoms with van der Waals surface area (Å²) in [6.07, 6.45) is -1.11. The van der Waals surface area contributed by atoms with Crippen LogP contribution in [0.3, 0.4) is 0 Å². The van der Waals surface area contributed by atoms with Crippen LogP contribution in [-0.2, 0) is 9.53 Å². The minimum absolute atomic E-state index is 0.237. The van der Waals surface area contributed by atoms with Gasteiger partial charge in [0.15, 0.2) is 0 Å². The monoisotopic (exact) mass is 378 g/mol. The molecule has 1 amide bonds. The Morgan fingerprint density at radius 1 is 1.04 bits per heavy atom. The van der Waals surface area contributed by atoms with E-state index < -0.39 is 18.0 Å². The van der Waals surface area contributed by atoms with Crippen molar-refractivity contribution in [1.29, 1.82) is 0 Å². The first kappa shape index (κ1) is 19.4. The molecule has 0 aliphatic rings. The van der Waals surface area contributed by atoms with E-state index in [0.717, 1.165) is 11.1 Å². The highest BCUT2D eigenvalue weighted by Gasteiger charge is 2.29. The van der Waals surface area contributed by atoms with Crippen LogP contribution in [-0.4, -0.2) is 17.0 Å². The number of benzene rings is 2. The highest BCUT2D eigenvalue weighted by Crippen LogP contribution is 2.25. The number of aromatic nitrogens is 1. The molecule has 0 bridgehead atoms. The maximum Gasteiger partial charge on any atom is 0.344 e. The number of hydrogen-bond acceptors (Lipinski definition) is 5. The number of rotatable bonds is 5. The van der Waals surface area contributed by atoms with E-state index in [1.54, 1.807) is 38.1 Å². The van der Waals surface area contributed by atoms with E-state index in [4.69, 9.17) is 9.26 Å². The second-order valence-electron chi connectivity index (χ2n) is 6.70. The van der Waals surface area contributed by atoms with Gasteiger partial charge in [-0.2, -0.15) is 0 Å². The lowest BCUT2D eigenvalue weighted by Crippen LogP contribution is -2.26. The van der Waals surface area contributed by atoms with E-state index in [2.05, 4.69) is 10.5 Å². The van der Waals surface area contributed by atoms with Crippen LogP contribution < -0.4 is 5.32 Å². The smallest absolute Gasteiger partial charge is 0.344 e. The van der Waals surface area contributed by atoms with Gasteiger partial charge in [0.1, 0.15) is 11.3 Å². The molecule has 3 aromatic rings. The van der Waals surface area contributed by atoms with E-state index >= 15 is 0 Å². The molecule has 1 atom stereocenters. The SMILES string of the molecule is Cc1ccc(C)c(NC(=O)[C@@H](OC(=O)c2c(C)noc2C)c2ccccc2)c1. The van der Waals surface area contributed by atoms with Crippen molar-refractivity contribution in [2.45, 2.75) is 33.8 Å². The molecule has 1 heterocycles. The fourth-order valence-corrected chi connectivity index (χ4v) is 2.91. The first-order chi connectivity index (χ1) is 13.4. The average molecular weight is 378 g/mol. The molecule has 0 spiro atoms. The van der Waals surface area contributed by atoms with Crippen LogP contribution in [0.5, 0.6) is 0 Å². The van der Waals surface area contributed by atoms with Crippen LogP contribution in [0.25, 0.3) is 0 Å². The van der Waals surface area contributed by atoms with E-state index in [1.807, 2.05) is 38.1 Å². The summed E-state index contributed by atoms with van der Waals surface area (Å²) >= 11 is 0. The van der Waals surface area contributed by atoms with Gasteiger partial charge in [-0.25, -0.2) is 4.79 Å². The molecule has 144 valence electrons. The molecule has 0 unspecified atom stereocenters. The molecule has 3 rings (SSSR count). The third-order valence-electron chi connectivity index (χ3n) is 4.45. The molecule has 1 N–H and O–H groups in total. The van der Waals surface area contributed by atoms with Gasteiger partial charge < -0.3 is 14.6 Å². The Kier molecular flexibility index (Phi) is 5.59. The van der Waals surface area contributed by atoms with Crippen LogP contribution >= 0.6 is 0 Å². The number of carbonyl (C=O) groups is 2. The van der Waals surface area contributed by atoms with Crippen molar-refractivity contribution in [3.63, 3.8) is 0 Å². The fourth-order valence-electron chi connectivity index (χ4n) is 2.91. The summed E-state index contributed by atoms with van der Waals surface area (Å²) in [6.45, 7) is 7.13. The van der Waals surface area contributed by atoms with Gasteiger partial charge in [0.05, 0.1) is 5.69 Å². The topological polar surface area (TPSA) is 81.4 Å². The number of ether oxygens (including phenoxy) is 1. The van der Waals surface area contributed by atoms with Crippen molar-refractivity contribution in [1.82, 2.24) is 5.16 Å². The quantitative estimate of drug-likeness (QED) is 0.664.